The van der Waals surface area contributed by atoms with Gasteiger partial charge >= 0.3 is 0 Å². The summed E-state index contributed by atoms with van der Waals surface area (Å²) < 4.78 is 15.4. The molecule has 3 aromatic rings. The number of ketones is 1. The first-order valence-corrected chi connectivity index (χ1v) is 9.87. The first-order valence-electron chi connectivity index (χ1n) is 9.49. The Morgan fingerprint density at radius 3 is 2.31 bits per heavy atom. The van der Waals surface area contributed by atoms with Gasteiger partial charge in [-0.15, -0.1) is 0 Å². The predicted molar refractivity (Wildman–Crippen MR) is 122 cm³/mol. The Balaban J connectivity index is 0.000000278. The number of amides is 1. The highest BCUT2D eigenvalue weighted by Crippen LogP contribution is 2.29. The fourth-order valence-corrected chi connectivity index (χ4v) is 2.87. The molecule has 1 N–H and O–H groups in total. The molecule has 9 heteroatoms. The average molecular weight is 458 g/mol. The molecule has 0 atom stereocenters. The maximum absolute atomic E-state index is 11.9. The Labute approximate surface area is 191 Å². The van der Waals surface area contributed by atoms with Gasteiger partial charge in [-0.05, 0) is 48.9 Å². The van der Waals surface area contributed by atoms with E-state index in [0.717, 1.165) is 11.5 Å². The lowest BCUT2D eigenvalue weighted by molar-refractivity contribution is -0.109. The first kappa shape index (κ1) is 24.6. The Kier molecular flexibility index (Phi) is 9.43. The number of hydrogen-bond acceptors (Lipinski definition) is 7. The van der Waals surface area contributed by atoms with Gasteiger partial charge in [-0.1, -0.05) is 17.7 Å². The normalized spacial score (nSPS) is 9.78. The second-order valence-corrected chi connectivity index (χ2v) is 6.78. The molecule has 2 heterocycles. The van der Waals surface area contributed by atoms with E-state index in [2.05, 4.69) is 15.3 Å². The zero-order chi connectivity index (χ0) is 23.5. The number of methoxy groups -OCH3 is 3. The second-order valence-electron chi connectivity index (χ2n) is 6.39. The topological polar surface area (TPSA) is 99.6 Å². The van der Waals surface area contributed by atoms with E-state index in [1.165, 1.54) is 12.7 Å². The highest BCUT2D eigenvalue weighted by Gasteiger charge is 2.14. The van der Waals surface area contributed by atoms with Crippen molar-refractivity contribution in [2.75, 3.05) is 27.9 Å². The van der Waals surface area contributed by atoms with Gasteiger partial charge in [0, 0.05) is 11.8 Å². The molecule has 168 valence electrons. The number of carbonyl (C=O) groups is 2. The zero-order valence-corrected chi connectivity index (χ0v) is 19.0. The number of halogens is 1. The number of ether oxygens (including phenoxy) is 3. The van der Waals surface area contributed by atoms with Gasteiger partial charge < -0.3 is 19.5 Å². The van der Waals surface area contributed by atoms with Crippen molar-refractivity contribution >= 4 is 23.8 Å². The Bertz CT molecular complexity index is 1080. The molecule has 1 amide bonds. The molecule has 0 saturated carbocycles. The van der Waals surface area contributed by atoms with Gasteiger partial charge in [0.25, 0.3) is 0 Å². The van der Waals surface area contributed by atoms with E-state index in [4.69, 9.17) is 25.8 Å². The predicted octanol–water partition coefficient (Wildman–Crippen LogP) is 3.75. The molecule has 0 unspecified atom stereocenters. The summed E-state index contributed by atoms with van der Waals surface area (Å²) in [6.07, 6.45) is 2.01. The Hall–Kier alpha value is -3.65. The van der Waals surface area contributed by atoms with Crippen LogP contribution in [0.1, 0.15) is 16.1 Å². The van der Waals surface area contributed by atoms with Crippen LogP contribution in [0.2, 0.25) is 5.15 Å². The van der Waals surface area contributed by atoms with Crippen molar-refractivity contribution in [3.63, 3.8) is 0 Å². The maximum Gasteiger partial charge on any atom is 0.207 e. The van der Waals surface area contributed by atoms with Crippen molar-refractivity contribution in [1.82, 2.24) is 15.3 Å². The Morgan fingerprint density at radius 1 is 1.00 bits per heavy atom. The lowest BCUT2D eigenvalue weighted by Crippen LogP contribution is -2.22. The number of nitrogens with zero attached hydrogens (tertiary/aromatic N) is 2. The summed E-state index contributed by atoms with van der Waals surface area (Å²) in [4.78, 5) is 30.3. The van der Waals surface area contributed by atoms with E-state index in [-0.39, 0.29) is 18.0 Å². The van der Waals surface area contributed by atoms with Crippen LogP contribution in [0.25, 0.3) is 11.3 Å². The molecule has 0 aliphatic rings. The van der Waals surface area contributed by atoms with Crippen molar-refractivity contribution in [2.24, 2.45) is 0 Å². The van der Waals surface area contributed by atoms with Crippen molar-refractivity contribution in [3.05, 3.63) is 65.1 Å². The minimum absolute atomic E-state index is 0.112. The van der Waals surface area contributed by atoms with E-state index in [1.807, 2.05) is 25.1 Å². The van der Waals surface area contributed by atoms with Crippen molar-refractivity contribution in [2.45, 2.75) is 6.92 Å². The van der Waals surface area contributed by atoms with E-state index in [9.17, 15) is 9.59 Å². The maximum atomic E-state index is 11.9. The van der Waals surface area contributed by atoms with Crippen LogP contribution in [-0.4, -0.2) is 50.0 Å². The SMILES string of the molecule is COc1ccc(C(=O)CNC=O)nc1-c1ccnc(Cl)c1.COc1ccc(C)cc1OC. The number of pyridine rings is 2. The third kappa shape index (κ3) is 6.68. The fraction of sp³-hybridized carbons (Fsp3) is 0.217. The van der Waals surface area contributed by atoms with E-state index < -0.39 is 0 Å². The molecular formula is C23H24ClN3O5. The number of aryl methyl sites for hydroxylation is 1. The number of carbonyl (C=O) groups excluding carboxylic acids is 2. The Morgan fingerprint density at radius 2 is 1.69 bits per heavy atom. The number of nitrogens with one attached hydrogen (secondary N) is 1. The molecule has 1 aromatic carbocycles. The van der Waals surface area contributed by atoms with Crippen LogP contribution in [0.4, 0.5) is 0 Å². The smallest absolute Gasteiger partial charge is 0.207 e. The third-order valence-corrected chi connectivity index (χ3v) is 4.46. The molecule has 0 bridgehead atoms. The van der Waals surface area contributed by atoms with Gasteiger partial charge in [0.05, 0.1) is 27.9 Å². The van der Waals surface area contributed by atoms with Crippen molar-refractivity contribution < 1.29 is 23.8 Å². The number of aromatic nitrogens is 2. The molecule has 0 radical (unpaired) electrons. The number of hydrogen-bond donors (Lipinski definition) is 1. The fourth-order valence-electron chi connectivity index (χ4n) is 2.69. The molecule has 0 saturated heterocycles. The number of rotatable bonds is 8. The number of benzene rings is 1. The van der Waals surface area contributed by atoms with Gasteiger partial charge in [-0.2, -0.15) is 0 Å². The summed E-state index contributed by atoms with van der Waals surface area (Å²) in [5.74, 6) is 1.77. The second kappa shape index (κ2) is 12.3. The quantitative estimate of drug-likeness (QED) is 0.312. The minimum atomic E-state index is -0.300. The van der Waals surface area contributed by atoms with Gasteiger partial charge in [0.2, 0.25) is 6.41 Å². The van der Waals surface area contributed by atoms with Crippen LogP contribution in [0, 0.1) is 6.92 Å². The zero-order valence-electron chi connectivity index (χ0n) is 18.2. The number of Topliss-reactive ketones (excluding diaryl/α,β-unsaturated/α-hetero) is 1. The van der Waals surface area contributed by atoms with Gasteiger partial charge in [-0.25, -0.2) is 9.97 Å². The molecule has 0 aliphatic heterocycles. The van der Waals surface area contributed by atoms with Gasteiger partial charge in [0.1, 0.15) is 22.3 Å². The standard InChI is InChI=1S/C14H12ClN3O3.C9H12O2/c1-21-12-3-2-10(11(20)7-16-8-19)18-14(12)9-4-5-17-13(15)6-9;1-7-4-5-8(10-2)9(6-7)11-3/h2-6,8H,7H2,1H3,(H,16,19);4-6H,1-3H3. The van der Waals surface area contributed by atoms with Crippen LogP contribution in [0.5, 0.6) is 17.2 Å². The van der Waals surface area contributed by atoms with Gasteiger partial charge in [0.15, 0.2) is 17.3 Å². The van der Waals surface area contributed by atoms with Crippen molar-refractivity contribution in [1.29, 1.82) is 0 Å². The van der Waals surface area contributed by atoms with Gasteiger partial charge in [-0.3, -0.25) is 9.59 Å². The summed E-state index contributed by atoms with van der Waals surface area (Å²) in [6.45, 7) is 1.90. The summed E-state index contributed by atoms with van der Waals surface area (Å²) in [5.41, 5.74) is 2.57. The molecule has 0 aliphatic carbocycles. The van der Waals surface area contributed by atoms with E-state index in [0.29, 0.717) is 28.6 Å². The van der Waals surface area contributed by atoms with Crippen LogP contribution in [0.15, 0.2) is 48.7 Å². The minimum Gasteiger partial charge on any atom is -0.494 e. The summed E-state index contributed by atoms with van der Waals surface area (Å²) >= 11 is 5.87. The summed E-state index contributed by atoms with van der Waals surface area (Å²) in [6, 6.07) is 12.4. The summed E-state index contributed by atoms with van der Waals surface area (Å²) in [7, 11) is 4.78. The molecular weight excluding hydrogens is 434 g/mol. The highest BCUT2D eigenvalue weighted by molar-refractivity contribution is 6.29. The highest BCUT2D eigenvalue weighted by atomic mass is 35.5. The largest absolute Gasteiger partial charge is 0.494 e. The lowest BCUT2D eigenvalue weighted by atomic mass is 10.1. The summed E-state index contributed by atoms with van der Waals surface area (Å²) in [5, 5.41) is 2.63. The van der Waals surface area contributed by atoms with Crippen LogP contribution < -0.4 is 19.5 Å². The van der Waals surface area contributed by atoms with Crippen LogP contribution >= 0.6 is 11.6 Å². The first-order chi connectivity index (χ1) is 15.4. The van der Waals surface area contributed by atoms with Crippen LogP contribution in [-0.2, 0) is 4.79 Å². The molecule has 3 rings (SSSR count). The van der Waals surface area contributed by atoms with Crippen molar-refractivity contribution in [3.8, 4) is 28.5 Å². The molecule has 0 spiro atoms. The molecule has 2 aromatic heterocycles. The van der Waals surface area contributed by atoms with E-state index >= 15 is 0 Å². The third-order valence-electron chi connectivity index (χ3n) is 4.25. The van der Waals surface area contributed by atoms with E-state index in [1.54, 1.807) is 44.7 Å². The average Bonchev–Trinajstić information content (AvgIpc) is 2.82. The van der Waals surface area contributed by atoms with Crippen LogP contribution in [0.3, 0.4) is 0 Å². The molecule has 0 fully saturated rings. The molecule has 32 heavy (non-hydrogen) atoms. The monoisotopic (exact) mass is 457 g/mol. The lowest BCUT2D eigenvalue weighted by Gasteiger charge is -2.09. The molecule has 8 nitrogen and oxygen atoms in total.